The first-order chi connectivity index (χ1) is 24.3. The number of esters is 1. The third kappa shape index (κ3) is 38.2. The van der Waals surface area contributed by atoms with Crippen molar-refractivity contribution in [2.45, 2.75) is 219 Å². The molecule has 0 aliphatic rings. The van der Waals surface area contributed by atoms with Gasteiger partial charge in [-0.05, 0) is 12.8 Å². The summed E-state index contributed by atoms with van der Waals surface area (Å²) >= 11 is 0. The average molecular weight is 734 g/mol. The standard InChI is InChI=1S/C40H80NO8P/c1-3-5-7-9-11-12-13-14-15-16-17-18-19-20-21-22-23-24-25-26-27-29-31-33-40(44)47-36-38(42)37-49-50(45,46)48-35-34-41-39(43)32-30-28-10-8-6-4-2/h38,42H,3-37H2,1-2H3,(H,41,43)(H,45,46). The number of nitrogens with one attached hydrogen (secondary N) is 1. The van der Waals surface area contributed by atoms with E-state index in [1.807, 2.05) is 0 Å². The van der Waals surface area contributed by atoms with Crippen molar-refractivity contribution >= 4 is 19.7 Å². The molecule has 0 heterocycles. The maximum absolute atomic E-state index is 12.0. The molecule has 2 unspecified atom stereocenters. The van der Waals surface area contributed by atoms with Crippen LogP contribution in [0.5, 0.6) is 0 Å². The van der Waals surface area contributed by atoms with Gasteiger partial charge in [-0.3, -0.25) is 18.6 Å². The molecule has 0 aromatic heterocycles. The van der Waals surface area contributed by atoms with Gasteiger partial charge in [0.15, 0.2) is 0 Å². The summed E-state index contributed by atoms with van der Waals surface area (Å²) in [4.78, 5) is 33.6. The first-order valence-corrected chi connectivity index (χ1v) is 22.5. The highest BCUT2D eigenvalue weighted by Gasteiger charge is 2.23. The molecule has 0 saturated carbocycles. The van der Waals surface area contributed by atoms with Crippen LogP contribution in [0.1, 0.15) is 213 Å². The van der Waals surface area contributed by atoms with Crippen LogP contribution >= 0.6 is 7.82 Å². The van der Waals surface area contributed by atoms with Crippen molar-refractivity contribution in [3.8, 4) is 0 Å². The number of rotatable bonds is 40. The van der Waals surface area contributed by atoms with Crippen molar-refractivity contribution in [2.24, 2.45) is 0 Å². The molecule has 0 rings (SSSR count). The van der Waals surface area contributed by atoms with Gasteiger partial charge in [0.2, 0.25) is 5.91 Å². The molecule has 0 fully saturated rings. The van der Waals surface area contributed by atoms with E-state index in [0.29, 0.717) is 12.8 Å². The zero-order valence-electron chi connectivity index (χ0n) is 32.6. The lowest BCUT2D eigenvalue weighted by molar-refractivity contribution is -0.147. The third-order valence-corrected chi connectivity index (χ3v) is 10.3. The molecule has 0 aliphatic heterocycles. The smallest absolute Gasteiger partial charge is 0.463 e. The summed E-state index contributed by atoms with van der Waals surface area (Å²) in [5.41, 5.74) is 0. The van der Waals surface area contributed by atoms with Crippen LogP contribution in [0.15, 0.2) is 0 Å². The second-order valence-corrected chi connectivity index (χ2v) is 15.8. The first-order valence-electron chi connectivity index (χ1n) is 21.0. The molecule has 2 atom stereocenters. The van der Waals surface area contributed by atoms with Gasteiger partial charge in [0.25, 0.3) is 0 Å². The van der Waals surface area contributed by atoms with Gasteiger partial charge in [0, 0.05) is 19.4 Å². The molecule has 1 amide bonds. The van der Waals surface area contributed by atoms with E-state index < -0.39 is 26.5 Å². The Bertz CT molecular complexity index is 799. The average Bonchev–Trinajstić information content (AvgIpc) is 3.10. The van der Waals surface area contributed by atoms with Gasteiger partial charge in [0.05, 0.1) is 13.2 Å². The summed E-state index contributed by atoms with van der Waals surface area (Å²) in [6.45, 7) is 3.51. The Kier molecular flexibility index (Phi) is 37.0. The van der Waals surface area contributed by atoms with Crippen molar-refractivity contribution in [2.75, 3.05) is 26.4 Å². The summed E-state index contributed by atoms with van der Waals surface area (Å²) in [7, 11) is -4.40. The summed E-state index contributed by atoms with van der Waals surface area (Å²) in [6, 6.07) is 0. The minimum absolute atomic E-state index is 0.0856. The van der Waals surface area contributed by atoms with Gasteiger partial charge in [-0.1, -0.05) is 187 Å². The highest BCUT2D eigenvalue weighted by Crippen LogP contribution is 2.42. The maximum atomic E-state index is 12.0. The fourth-order valence-electron chi connectivity index (χ4n) is 6.09. The number of phosphoric ester groups is 1. The van der Waals surface area contributed by atoms with Gasteiger partial charge >= 0.3 is 13.8 Å². The number of aliphatic hydroxyl groups is 1. The molecule has 3 N–H and O–H groups in total. The van der Waals surface area contributed by atoms with Crippen LogP contribution in [-0.4, -0.2) is 54.3 Å². The first kappa shape index (κ1) is 49.0. The molecule has 0 radical (unpaired) electrons. The van der Waals surface area contributed by atoms with Crippen LogP contribution in [0.3, 0.4) is 0 Å². The molecule has 0 spiro atoms. The fraction of sp³-hybridized carbons (Fsp3) is 0.950. The Hall–Kier alpha value is -0.990. The highest BCUT2D eigenvalue weighted by molar-refractivity contribution is 7.47. The molecule has 298 valence electrons. The van der Waals surface area contributed by atoms with Crippen LogP contribution in [0.25, 0.3) is 0 Å². The molecule has 0 aromatic rings. The molecular formula is C40H80NO8P. The highest BCUT2D eigenvalue weighted by atomic mass is 31.2. The molecule has 0 aliphatic carbocycles. The number of ether oxygens (including phenoxy) is 1. The van der Waals surface area contributed by atoms with Crippen LogP contribution in [0.2, 0.25) is 0 Å². The lowest BCUT2D eigenvalue weighted by atomic mass is 10.0. The summed E-state index contributed by atoms with van der Waals surface area (Å²) in [5, 5.41) is 12.6. The zero-order chi connectivity index (χ0) is 36.8. The van der Waals surface area contributed by atoms with Gasteiger partial charge < -0.3 is 20.1 Å². The minimum Gasteiger partial charge on any atom is -0.463 e. The largest absolute Gasteiger partial charge is 0.472 e. The summed E-state index contributed by atoms with van der Waals surface area (Å²) < 4.78 is 26.7. The number of hydrogen-bond acceptors (Lipinski definition) is 7. The van der Waals surface area contributed by atoms with Crippen molar-refractivity contribution in [3.05, 3.63) is 0 Å². The number of aliphatic hydroxyl groups excluding tert-OH is 1. The van der Waals surface area contributed by atoms with E-state index >= 15 is 0 Å². The zero-order valence-corrected chi connectivity index (χ0v) is 33.5. The van der Waals surface area contributed by atoms with E-state index in [0.717, 1.165) is 38.5 Å². The Labute approximate surface area is 307 Å². The van der Waals surface area contributed by atoms with E-state index in [9.17, 15) is 24.2 Å². The monoisotopic (exact) mass is 734 g/mol. The molecule has 10 heteroatoms. The maximum Gasteiger partial charge on any atom is 0.472 e. The van der Waals surface area contributed by atoms with Gasteiger partial charge in [-0.15, -0.1) is 0 Å². The molecule has 9 nitrogen and oxygen atoms in total. The SMILES string of the molecule is CCCCCCCCCCCCCCCCCCCCCCCCCC(=O)OCC(O)COP(=O)(O)OCCNC(=O)CCCCCCCC. The van der Waals surface area contributed by atoms with Crippen molar-refractivity contribution < 1.29 is 37.9 Å². The fourth-order valence-corrected chi connectivity index (χ4v) is 6.84. The van der Waals surface area contributed by atoms with Gasteiger partial charge in [-0.2, -0.15) is 0 Å². The van der Waals surface area contributed by atoms with Crippen LogP contribution in [0.4, 0.5) is 0 Å². The Balaban J connectivity index is 3.48. The number of phosphoric acid groups is 1. The van der Waals surface area contributed by atoms with Crippen LogP contribution in [-0.2, 0) is 27.9 Å². The quantitative estimate of drug-likeness (QED) is 0.0322. The number of carbonyl (C=O) groups is 2. The third-order valence-electron chi connectivity index (χ3n) is 9.29. The number of amides is 1. The van der Waals surface area contributed by atoms with Crippen LogP contribution in [0, 0.1) is 0 Å². The molecule has 50 heavy (non-hydrogen) atoms. The number of carbonyl (C=O) groups excluding carboxylic acids is 2. The van der Waals surface area contributed by atoms with E-state index in [4.69, 9.17) is 13.8 Å². The molecular weight excluding hydrogens is 653 g/mol. The summed E-state index contributed by atoms with van der Waals surface area (Å²) in [5.74, 6) is -0.515. The van der Waals surface area contributed by atoms with E-state index in [1.54, 1.807) is 0 Å². The van der Waals surface area contributed by atoms with Crippen LogP contribution < -0.4 is 5.32 Å². The Morgan fingerprint density at radius 2 is 0.900 bits per heavy atom. The second-order valence-electron chi connectivity index (χ2n) is 14.3. The second kappa shape index (κ2) is 37.8. The Morgan fingerprint density at radius 3 is 1.30 bits per heavy atom. The predicted octanol–water partition coefficient (Wildman–Crippen LogP) is 11.3. The lowest BCUT2D eigenvalue weighted by Crippen LogP contribution is -2.27. The van der Waals surface area contributed by atoms with E-state index in [1.165, 1.54) is 148 Å². The number of unbranched alkanes of at least 4 members (excludes halogenated alkanes) is 27. The molecule has 0 saturated heterocycles. The minimum atomic E-state index is -4.40. The van der Waals surface area contributed by atoms with Gasteiger partial charge in [0.1, 0.15) is 12.7 Å². The van der Waals surface area contributed by atoms with Crippen molar-refractivity contribution in [3.63, 3.8) is 0 Å². The number of hydrogen-bond donors (Lipinski definition) is 3. The van der Waals surface area contributed by atoms with Crippen molar-refractivity contribution in [1.82, 2.24) is 5.32 Å². The van der Waals surface area contributed by atoms with Crippen molar-refractivity contribution in [1.29, 1.82) is 0 Å². The lowest BCUT2D eigenvalue weighted by Gasteiger charge is -2.15. The topological polar surface area (TPSA) is 131 Å². The van der Waals surface area contributed by atoms with Gasteiger partial charge in [-0.25, -0.2) is 4.57 Å². The molecule has 0 bridgehead atoms. The van der Waals surface area contributed by atoms with E-state index in [2.05, 4.69) is 19.2 Å². The molecule has 0 aromatic carbocycles. The Morgan fingerprint density at radius 1 is 0.540 bits per heavy atom. The summed E-state index contributed by atoms with van der Waals surface area (Å²) in [6.07, 6.45) is 36.5. The normalized spacial score (nSPS) is 13.3. The predicted molar refractivity (Wildman–Crippen MR) is 206 cm³/mol. The van der Waals surface area contributed by atoms with E-state index in [-0.39, 0.29) is 25.7 Å².